The van der Waals surface area contributed by atoms with Crippen molar-refractivity contribution in [2.24, 2.45) is 0 Å². The van der Waals surface area contributed by atoms with Crippen molar-refractivity contribution < 1.29 is 9.53 Å². The SMILES string of the molecule is Cc1cccc2nc(N)n(C3CCC[C@H](NC(=O)OC(C)(C)C)C3)c12. The van der Waals surface area contributed by atoms with Gasteiger partial charge in [-0.15, -0.1) is 0 Å². The summed E-state index contributed by atoms with van der Waals surface area (Å²) < 4.78 is 7.53. The lowest BCUT2D eigenvalue weighted by Crippen LogP contribution is -2.41. The number of nitrogens with two attached hydrogens (primary N) is 1. The number of rotatable bonds is 2. The van der Waals surface area contributed by atoms with Crippen molar-refractivity contribution in [1.82, 2.24) is 14.9 Å². The molecular formula is C19H28N4O2. The van der Waals surface area contributed by atoms with Crippen LogP contribution in [0.15, 0.2) is 18.2 Å². The number of anilines is 1. The second-order valence-corrected chi connectivity index (χ2v) is 7.95. The molecule has 1 unspecified atom stereocenters. The van der Waals surface area contributed by atoms with Gasteiger partial charge < -0.3 is 20.4 Å². The Morgan fingerprint density at radius 3 is 2.84 bits per heavy atom. The van der Waals surface area contributed by atoms with E-state index in [9.17, 15) is 4.79 Å². The van der Waals surface area contributed by atoms with Gasteiger partial charge in [-0.25, -0.2) is 9.78 Å². The highest BCUT2D eigenvalue weighted by atomic mass is 16.6. The van der Waals surface area contributed by atoms with Gasteiger partial charge in [0.1, 0.15) is 5.60 Å². The maximum atomic E-state index is 12.1. The number of nitrogens with one attached hydrogen (secondary N) is 1. The summed E-state index contributed by atoms with van der Waals surface area (Å²) in [6.45, 7) is 7.70. The number of carbonyl (C=O) groups is 1. The summed E-state index contributed by atoms with van der Waals surface area (Å²) in [5.74, 6) is 0.548. The van der Waals surface area contributed by atoms with Crippen LogP contribution in [0.5, 0.6) is 0 Å². The zero-order chi connectivity index (χ0) is 18.2. The predicted octanol–water partition coefficient (Wildman–Crippen LogP) is 3.94. The number of ether oxygens (including phenoxy) is 1. The van der Waals surface area contributed by atoms with Gasteiger partial charge >= 0.3 is 6.09 Å². The summed E-state index contributed by atoms with van der Waals surface area (Å²) in [5, 5.41) is 3.01. The Hall–Kier alpha value is -2.24. The quantitative estimate of drug-likeness (QED) is 0.864. The van der Waals surface area contributed by atoms with E-state index >= 15 is 0 Å². The average Bonchev–Trinajstić information content (AvgIpc) is 2.83. The summed E-state index contributed by atoms with van der Waals surface area (Å²) in [4.78, 5) is 16.6. The van der Waals surface area contributed by atoms with Gasteiger partial charge in [-0.3, -0.25) is 0 Å². The van der Waals surface area contributed by atoms with Gasteiger partial charge in [-0.05, 0) is 65.0 Å². The van der Waals surface area contributed by atoms with Gasteiger partial charge in [0.2, 0.25) is 5.95 Å². The maximum absolute atomic E-state index is 12.1. The monoisotopic (exact) mass is 344 g/mol. The number of para-hydroxylation sites is 1. The number of imidazole rings is 1. The highest BCUT2D eigenvalue weighted by Gasteiger charge is 2.28. The Balaban J connectivity index is 1.78. The standard InChI is InChI=1S/C19H28N4O2/c1-12-7-5-10-15-16(12)23(17(20)22-15)14-9-6-8-13(11-14)21-18(24)25-19(2,3)4/h5,7,10,13-14H,6,8-9,11H2,1-4H3,(H2,20,22)(H,21,24)/t13-,14?/m0/s1. The zero-order valence-electron chi connectivity index (χ0n) is 15.5. The van der Waals surface area contributed by atoms with Gasteiger partial charge in [-0.2, -0.15) is 0 Å². The Morgan fingerprint density at radius 2 is 2.12 bits per heavy atom. The van der Waals surface area contributed by atoms with Gasteiger partial charge in [-0.1, -0.05) is 12.1 Å². The van der Waals surface area contributed by atoms with Crippen molar-refractivity contribution in [1.29, 1.82) is 0 Å². The largest absolute Gasteiger partial charge is 0.444 e. The molecule has 6 nitrogen and oxygen atoms in total. The topological polar surface area (TPSA) is 82.2 Å². The molecule has 1 saturated carbocycles. The lowest BCUT2D eigenvalue weighted by molar-refractivity contribution is 0.0486. The molecule has 1 heterocycles. The summed E-state index contributed by atoms with van der Waals surface area (Å²) in [7, 11) is 0. The van der Waals surface area contributed by atoms with Crippen LogP contribution in [0.25, 0.3) is 11.0 Å². The van der Waals surface area contributed by atoms with Gasteiger partial charge in [0.25, 0.3) is 0 Å². The fraction of sp³-hybridized carbons (Fsp3) is 0.579. The molecule has 1 aliphatic carbocycles. The third kappa shape index (κ3) is 3.89. The number of nitrogen functional groups attached to an aromatic ring is 1. The number of alkyl carbamates (subject to hydrolysis) is 1. The lowest BCUT2D eigenvalue weighted by Gasteiger charge is -2.32. The Morgan fingerprint density at radius 1 is 1.36 bits per heavy atom. The first-order chi connectivity index (χ1) is 11.7. The molecule has 0 bridgehead atoms. The summed E-state index contributed by atoms with van der Waals surface area (Å²) in [6, 6.07) is 6.41. The minimum atomic E-state index is -0.486. The van der Waals surface area contributed by atoms with Crippen LogP contribution in [-0.2, 0) is 4.74 Å². The number of carbonyl (C=O) groups excluding carboxylic acids is 1. The molecule has 0 spiro atoms. The first-order valence-corrected chi connectivity index (χ1v) is 8.97. The van der Waals surface area contributed by atoms with Crippen LogP contribution in [0.1, 0.15) is 58.1 Å². The fourth-order valence-electron chi connectivity index (χ4n) is 3.71. The molecule has 6 heteroatoms. The number of hydrogen-bond donors (Lipinski definition) is 2. The maximum Gasteiger partial charge on any atom is 0.407 e. The Labute approximate surface area is 148 Å². The fourth-order valence-corrected chi connectivity index (χ4v) is 3.71. The number of fused-ring (bicyclic) bond motifs is 1. The molecule has 25 heavy (non-hydrogen) atoms. The second-order valence-electron chi connectivity index (χ2n) is 7.95. The molecule has 0 radical (unpaired) electrons. The van der Waals surface area contributed by atoms with E-state index in [1.54, 1.807) is 0 Å². The lowest BCUT2D eigenvalue weighted by atomic mass is 9.90. The molecule has 136 valence electrons. The van der Waals surface area contributed by atoms with E-state index in [0.717, 1.165) is 36.7 Å². The molecule has 3 N–H and O–H groups in total. The van der Waals surface area contributed by atoms with Crippen LogP contribution in [0.4, 0.5) is 10.7 Å². The smallest absolute Gasteiger partial charge is 0.407 e. The van der Waals surface area contributed by atoms with Crippen LogP contribution in [-0.4, -0.2) is 27.3 Å². The van der Waals surface area contributed by atoms with E-state index in [0.29, 0.717) is 5.95 Å². The summed E-state index contributed by atoms with van der Waals surface area (Å²) >= 11 is 0. The number of benzene rings is 1. The molecule has 1 amide bonds. The van der Waals surface area contributed by atoms with E-state index in [-0.39, 0.29) is 18.2 Å². The molecule has 0 saturated heterocycles. The van der Waals surface area contributed by atoms with Crippen molar-refractivity contribution in [2.75, 3.05) is 5.73 Å². The zero-order valence-corrected chi connectivity index (χ0v) is 15.5. The molecule has 1 fully saturated rings. The summed E-state index contributed by atoms with van der Waals surface area (Å²) in [6.07, 6.45) is 3.52. The number of nitrogens with zero attached hydrogens (tertiary/aromatic N) is 2. The van der Waals surface area contributed by atoms with Crippen molar-refractivity contribution in [3.05, 3.63) is 23.8 Å². The van der Waals surface area contributed by atoms with Crippen molar-refractivity contribution >= 4 is 23.1 Å². The van der Waals surface area contributed by atoms with Gasteiger partial charge in [0, 0.05) is 12.1 Å². The van der Waals surface area contributed by atoms with Crippen molar-refractivity contribution in [2.45, 2.75) is 71.1 Å². The van der Waals surface area contributed by atoms with E-state index in [2.05, 4.69) is 27.9 Å². The highest BCUT2D eigenvalue weighted by Crippen LogP contribution is 2.34. The molecule has 1 aromatic carbocycles. The van der Waals surface area contributed by atoms with Crippen LogP contribution < -0.4 is 11.1 Å². The molecule has 0 aliphatic heterocycles. The van der Waals surface area contributed by atoms with E-state index in [1.165, 1.54) is 5.56 Å². The predicted molar refractivity (Wildman–Crippen MR) is 99.5 cm³/mol. The van der Waals surface area contributed by atoms with E-state index < -0.39 is 5.60 Å². The molecule has 1 aliphatic rings. The number of aryl methyl sites for hydroxylation is 1. The summed E-state index contributed by atoms with van der Waals surface area (Å²) in [5.41, 5.74) is 8.94. The Bertz CT molecular complexity index is 776. The van der Waals surface area contributed by atoms with Gasteiger partial charge in [0.15, 0.2) is 0 Å². The normalized spacial score (nSPS) is 21.3. The van der Waals surface area contributed by atoms with Crippen LogP contribution >= 0.6 is 0 Å². The van der Waals surface area contributed by atoms with Gasteiger partial charge in [0.05, 0.1) is 11.0 Å². The number of amides is 1. The Kier molecular flexibility index (Phi) is 4.62. The van der Waals surface area contributed by atoms with E-state index in [1.807, 2.05) is 32.9 Å². The third-order valence-electron chi connectivity index (χ3n) is 4.67. The third-order valence-corrected chi connectivity index (χ3v) is 4.67. The molecule has 2 aromatic rings. The molecule has 3 rings (SSSR count). The molecular weight excluding hydrogens is 316 g/mol. The number of hydrogen-bond acceptors (Lipinski definition) is 4. The molecule has 2 atom stereocenters. The first-order valence-electron chi connectivity index (χ1n) is 8.97. The van der Waals surface area contributed by atoms with Crippen molar-refractivity contribution in [3.63, 3.8) is 0 Å². The number of aromatic nitrogens is 2. The van der Waals surface area contributed by atoms with Crippen LogP contribution in [0.3, 0.4) is 0 Å². The molecule has 1 aromatic heterocycles. The van der Waals surface area contributed by atoms with Crippen LogP contribution in [0.2, 0.25) is 0 Å². The average molecular weight is 344 g/mol. The van der Waals surface area contributed by atoms with E-state index in [4.69, 9.17) is 10.5 Å². The minimum absolute atomic E-state index is 0.0921. The van der Waals surface area contributed by atoms with Crippen molar-refractivity contribution in [3.8, 4) is 0 Å². The first kappa shape index (κ1) is 17.6. The second kappa shape index (κ2) is 6.58. The highest BCUT2D eigenvalue weighted by molar-refractivity contribution is 5.81. The minimum Gasteiger partial charge on any atom is -0.444 e. The van der Waals surface area contributed by atoms with Crippen LogP contribution in [0, 0.1) is 6.92 Å².